The minimum absolute atomic E-state index is 0.388. The molecule has 5 nitrogen and oxygen atoms in total. The molecule has 0 bridgehead atoms. The third-order valence-electron chi connectivity index (χ3n) is 3.33. The molecule has 1 unspecified atom stereocenters. The first-order valence-electron chi connectivity index (χ1n) is 9.25. The minimum Gasteiger partial charge on any atom is -0.417 e. The molecular formula is C16H39N2O3Si4+. The van der Waals surface area contributed by atoms with Gasteiger partial charge in [-0.05, 0) is 72.3 Å². The zero-order chi connectivity index (χ0) is 19.5. The predicted molar refractivity (Wildman–Crippen MR) is 114 cm³/mol. The number of aromatic amines is 1. The molecule has 0 aliphatic carbocycles. The summed E-state index contributed by atoms with van der Waals surface area (Å²) in [6.07, 6.45) is 7.03. The van der Waals surface area contributed by atoms with Gasteiger partial charge in [-0.25, -0.2) is 4.57 Å². The highest BCUT2D eigenvalue weighted by Gasteiger charge is 2.50. The van der Waals surface area contributed by atoms with E-state index in [1.54, 1.807) is 0 Å². The van der Waals surface area contributed by atoms with Crippen molar-refractivity contribution in [3.05, 3.63) is 18.7 Å². The molecule has 25 heavy (non-hydrogen) atoms. The van der Waals surface area contributed by atoms with E-state index < -0.39 is 33.8 Å². The van der Waals surface area contributed by atoms with E-state index >= 15 is 0 Å². The topological polar surface area (TPSA) is 47.4 Å². The van der Waals surface area contributed by atoms with Crippen molar-refractivity contribution in [2.45, 2.75) is 84.4 Å². The second kappa shape index (κ2) is 8.32. The van der Waals surface area contributed by atoms with Gasteiger partial charge >= 0.3 is 8.80 Å². The van der Waals surface area contributed by atoms with Crippen molar-refractivity contribution in [2.75, 3.05) is 0 Å². The Morgan fingerprint density at radius 2 is 1.28 bits per heavy atom. The van der Waals surface area contributed by atoms with E-state index in [2.05, 4.69) is 81.6 Å². The van der Waals surface area contributed by atoms with Gasteiger partial charge < -0.3 is 12.3 Å². The summed E-state index contributed by atoms with van der Waals surface area (Å²) in [7, 11) is -8.08. The van der Waals surface area contributed by atoms with Crippen LogP contribution in [0.5, 0.6) is 0 Å². The molecule has 1 aromatic rings. The normalized spacial score (nSPS) is 15.4. The van der Waals surface area contributed by atoms with Gasteiger partial charge in [-0.15, -0.1) is 0 Å². The second-order valence-electron chi connectivity index (χ2n) is 9.77. The average molecular weight is 420 g/mol. The molecule has 0 radical (unpaired) electrons. The van der Waals surface area contributed by atoms with Crippen molar-refractivity contribution >= 4 is 33.8 Å². The molecular weight excluding hydrogens is 381 g/mol. The van der Waals surface area contributed by atoms with Gasteiger partial charge in [-0.3, -0.25) is 4.98 Å². The van der Waals surface area contributed by atoms with E-state index in [-0.39, 0.29) is 0 Å². The quantitative estimate of drug-likeness (QED) is 0.440. The van der Waals surface area contributed by atoms with Gasteiger partial charge in [0, 0.05) is 6.04 Å². The molecule has 0 fully saturated rings. The summed E-state index contributed by atoms with van der Waals surface area (Å²) in [5, 5.41) is 0. The number of imidazole rings is 1. The van der Waals surface area contributed by atoms with E-state index in [0.29, 0.717) is 6.04 Å². The summed E-state index contributed by atoms with van der Waals surface area (Å²) < 4.78 is 22.4. The van der Waals surface area contributed by atoms with Crippen LogP contribution in [-0.2, 0) is 12.3 Å². The third-order valence-corrected chi connectivity index (χ3v) is 15.3. The van der Waals surface area contributed by atoms with Crippen LogP contribution < -0.4 is 4.57 Å². The largest absolute Gasteiger partial charge is 0.469 e. The standard InChI is InChI=1S/C16H38N2O3Si4/c1-16(18-13-12-17-15-18)11-14-25(19-22(2,3)4,20-23(5,6)7)21-24(8,9)10/h12-13,15-16H,11,14H2,1-10H3/p+1. The van der Waals surface area contributed by atoms with E-state index in [9.17, 15) is 0 Å². The van der Waals surface area contributed by atoms with Crippen LogP contribution in [0.1, 0.15) is 19.4 Å². The van der Waals surface area contributed by atoms with Gasteiger partial charge in [0.25, 0.3) is 0 Å². The zero-order valence-corrected chi connectivity index (χ0v) is 21.9. The first-order chi connectivity index (χ1) is 11.1. The summed E-state index contributed by atoms with van der Waals surface area (Å²) >= 11 is 0. The molecule has 0 aromatic carbocycles. The van der Waals surface area contributed by atoms with E-state index in [1.165, 1.54) is 0 Å². The fourth-order valence-corrected chi connectivity index (χ4v) is 17.5. The lowest BCUT2D eigenvalue weighted by molar-refractivity contribution is -0.718. The summed E-state index contributed by atoms with van der Waals surface area (Å²) in [4.78, 5) is 3.12. The Balaban J connectivity index is 3.07. The zero-order valence-electron chi connectivity index (χ0n) is 17.9. The average Bonchev–Trinajstić information content (AvgIpc) is 2.82. The number of nitrogens with zero attached hydrogens (tertiary/aromatic N) is 1. The molecule has 0 saturated heterocycles. The fourth-order valence-electron chi connectivity index (χ4n) is 2.73. The summed E-state index contributed by atoms with van der Waals surface area (Å²) in [5.41, 5.74) is 0. The Hall–Kier alpha value is -0.0425. The Morgan fingerprint density at radius 3 is 1.60 bits per heavy atom. The molecule has 0 aliphatic rings. The van der Waals surface area contributed by atoms with Crippen molar-refractivity contribution in [1.29, 1.82) is 0 Å². The van der Waals surface area contributed by atoms with Crippen LogP contribution in [0, 0.1) is 0 Å². The molecule has 1 rings (SSSR count). The highest BCUT2D eigenvalue weighted by molar-refractivity contribution is 6.90. The molecule has 1 heterocycles. The number of hydrogen-bond acceptors (Lipinski definition) is 3. The van der Waals surface area contributed by atoms with Gasteiger partial charge in [-0.1, -0.05) is 0 Å². The third kappa shape index (κ3) is 9.45. The fraction of sp³-hybridized carbons (Fsp3) is 0.812. The van der Waals surface area contributed by atoms with Crippen LogP contribution in [0.4, 0.5) is 0 Å². The summed E-state index contributed by atoms with van der Waals surface area (Å²) in [6.45, 7) is 22.4. The van der Waals surface area contributed by atoms with Crippen LogP contribution in [0.25, 0.3) is 0 Å². The smallest absolute Gasteiger partial charge is 0.417 e. The minimum atomic E-state index is -2.72. The Morgan fingerprint density at radius 1 is 0.840 bits per heavy atom. The van der Waals surface area contributed by atoms with Crippen molar-refractivity contribution in [3.63, 3.8) is 0 Å². The van der Waals surface area contributed by atoms with Crippen molar-refractivity contribution < 1.29 is 16.9 Å². The SMILES string of the molecule is CC(CC[Si](O[Si](C)(C)C)(O[Si](C)(C)C)O[Si](C)(C)C)[n+]1cc[nH]c1. The lowest BCUT2D eigenvalue weighted by atomic mass is 10.2. The Labute approximate surface area is 158 Å². The number of rotatable bonds is 10. The van der Waals surface area contributed by atoms with E-state index in [0.717, 1.165) is 12.5 Å². The second-order valence-corrected chi connectivity index (χ2v) is 26.8. The monoisotopic (exact) mass is 419 g/mol. The Bertz CT molecular complexity index is 478. The highest BCUT2D eigenvalue weighted by atomic mass is 28.5. The first-order valence-corrected chi connectivity index (χ1v) is 21.4. The first kappa shape index (κ1) is 23.0. The number of aromatic nitrogens is 2. The number of hydrogen-bond donors (Lipinski definition) is 1. The van der Waals surface area contributed by atoms with Crippen molar-refractivity contribution in [1.82, 2.24) is 4.98 Å². The van der Waals surface area contributed by atoms with Gasteiger partial charge in [0.15, 0.2) is 25.0 Å². The van der Waals surface area contributed by atoms with Crippen molar-refractivity contribution in [2.24, 2.45) is 0 Å². The van der Waals surface area contributed by atoms with Gasteiger partial charge in [0.1, 0.15) is 12.4 Å². The number of H-pyrrole nitrogens is 1. The van der Waals surface area contributed by atoms with Crippen molar-refractivity contribution in [3.8, 4) is 0 Å². The molecule has 9 heteroatoms. The molecule has 0 aliphatic heterocycles. The maximum atomic E-state index is 6.73. The lowest BCUT2D eigenvalue weighted by Crippen LogP contribution is -2.60. The molecule has 0 saturated carbocycles. The molecule has 0 amide bonds. The maximum absolute atomic E-state index is 6.73. The van der Waals surface area contributed by atoms with E-state index in [1.807, 2.05) is 12.5 Å². The highest BCUT2D eigenvalue weighted by Crippen LogP contribution is 2.31. The van der Waals surface area contributed by atoms with Crippen LogP contribution in [0.2, 0.25) is 65.0 Å². The number of nitrogens with one attached hydrogen (secondary N) is 1. The summed E-state index contributed by atoms with van der Waals surface area (Å²) in [5.74, 6) is 0. The van der Waals surface area contributed by atoms with E-state index in [4.69, 9.17) is 12.3 Å². The van der Waals surface area contributed by atoms with Crippen LogP contribution >= 0.6 is 0 Å². The Kier molecular flexibility index (Phi) is 7.65. The molecule has 1 atom stereocenters. The molecule has 0 spiro atoms. The lowest BCUT2D eigenvalue weighted by Gasteiger charge is -2.43. The predicted octanol–water partition coefficient (Wildman–Crippen LogP) is 4.75. The van der Waals surface area contributed by atoms with Gasteiger partial charge in [-0.2, -0.15) is 0 Å². The van der Waals surface area contributed by atoms with Crippen LogP contribution in [-0.4, -0.2) is 38.7 Å². The van der Waals surface area contributed by atoms with Crippen LogP contribution in [0.3, 0.4) is 0 Å². The van der Waals surface area contributed by atoms with Gasteiger partial charge in [0.05, 0.1) is 6.04 Å². The molecule has 1 N–H and O–H groups in total. The summed E-state index contributed by atoms with van der Waals surface area (Å²) in [6, 6.07) is 1.27. The maximum Gasteiger partial charge on any atom is 0.469 e. The molecule has 146 valence electrons. The van der Waals surface area contributed by atoms with Gasteiger partial charge in [0.2, 0.25) is 6.33 Å². The molecule has 1 aromatic heterocycles. The van der Waals surface area contributed by atoms with Crippen LogP contribution in [0.15, 0.2) is 18.7 Å².